The van der Waals surface area contributed by atoms with Crippen LogP contribution in [-0.2, 0) is 19.6 Å². The molecule has 1 amide bonds. The van der Waals surface area contributed by atoms with Gasteiger partial charge < -0.3 is 19.5 Å². The monoisotopic (exact) mass is 468 g/mol. The average Bonchev–Trinajstić information content (AvgIpc) is 3.21. The van der Waals surface area contributed by atoms with E-state index in [4.69, 9.17) is 14.2 Å². The molecule has 2 heterocycles. The Hall–Kier alpha value is -2.14. The number of methoxy groups -OCH3 is 2. The maximum absolute atomic E-state index is 12.9. The Morgan fingerprint density at radius 3 is 2.68 bits per heavy atom. The minimum atomic E-state index is -3.59. The SMILES string of the molecule is COCCOc1cc(NC(=O)C2CCCN(S(=O)(=O)c3ccc(C)s3)C2)ccc1OC. The first kappa shape index (κ1) is 23.5. The van der Waals surface area contributed by atoms with Gasteiger partial charge in [-0.2, -0.15) is 4.31 Å². The van der Waals surface area contributed by atoms with Crippen molar-refractivity contribution in [2.24, 2.45) is 5.92 Å². The molecule has 1 N–H and O–H groups in total. The smallest absolute Gasteiger partial charge is 0.252 e. The van der Waals surface area contributed by atoms with Crippen molar-refractivity contribution in [3.8, 4) is 11.5 Å². The molecule has 0 bridgehead atoms. The fraction of sp³-hybridized carbons (Fsp3) is 0.476. The Balaban J connectivity index is 1.68. The molecule has 3 rings (SSSR count). The molecule has 0 radical (unpaired) electrons. The van der Waals surface area contributed by atoms with E-state index in [1.807, 2.05) is 6.92 Å². The predicted octanol–water partition coefficient (Wildman–Crippen LogP) is 3.13. The van der Waals surface area contributed by atoms with E-state index in [9.17, 15) is 13.2 Å². The summed E-state index contributed by atoms with van der Waals surface area (Å²) in [6.07, 6.45) is 1.27. The lowest BCUT2D eigenvalue weighted by Gasteiger charge is -2.30. The van der Waals surface area contributed by atoms with Crippen molar-refractivity contribution in [3.63, 3.8) is 0 Å². The Morgan fingerprint density at radius 2 is 2.00 bits per heavy atom. The molecule has 1 aliphatic rings. The molecule has 1 fully saturated rings. The molecule has 2 aromatic rings. The Labute approximate surface area is 187 Å². The second-order valence-electron chi connectivity index (χ2n) is 7.26. The minimum absolute atomic E-state index is 0.165. The van der Waals surface area contributed by atoms with Crippen molar-refractivity contribution >= 4 is 33.0 Å². The van der Waals surface area contributed by atoms with Gasteiger partial charge in [-0.25, -0.2) is 8.42 Å². The van der Waals surface area contributed by atoms with Gasteiger partial charge in [0.25, 0.3) is 10.0 Å². The number of benzene rings is 1. The van der Waals surface area contributed by atoms with Gasteiger partial charge in [0.05, 0.1) is 19.6 Å². The Kier molecular flexibility index (Phi) is 7.93. The third-order valence-electron chi connectivity index (χ3n) is 5.04. The summed E-state index contributed by atoms with van der Waals surface area (Å²) in [5.41, 5.74) is 0.562. The molecule has 1 aromatic heterocycles. The molecule has 1 saturated heterocycles. The molecule has 1 aromatic carbocycles. The van der Waals surface area contributed by atoms with Gasteiger partial charge in [-0.3, -0.25) is 4.79 Å². The quantitative estimate of drug-likeness (QED) is 0.569. The van der Waals surface area contributed by atoms with E-state index in [1.54, 1.807) is 44.6 Å². The molecule has 1 aliphatic heterocycles. The second kappa shape index (κ2) is 10.4. The van der Waals surface area contributed by atoms with Crippen molar-refractivity contribution in [3.05, 3.63) is 35.2 Å². The van der Waals surface area contributed by atoms with Crippen LogP contribution in [0.5, 0.6) is 11.5 Å². The number of rotatable bonds is 9. The summed E-state index contributed by atoms with van der Waals surface area (Å²) < 4.78 is 43.5. The molecule has 31 heavy (non-hydrogen) atoms. The molecular weight excluding hydrogens is 440 g/mol. The zero-order chi connectivity index (χ0) is 22.4. The predicted molar refractivity (Wildman–Crippen MR) is 120 cm³/mol. The Morgan fingerprint density at radius 1 is 1.19 bits per heavy atom. The van der Waals surface area contributed by atoms with Crippen LogP contribution in [0.15, 0.2) is 34.5 Å². The van der Waals surface area contributed by atoms with Gasteiger partial charge in [-0.1, -0.05) is 0 Å². The van der Waals surface area contributed by atoms with E-state index in [-0.39, 0.29) is 12.5 Å². The van der Waals surface area contributed by atoms with E-state index in [0.717, 1.165) is 4.88 Å². The van der Waals surface area contributed by atoms with E-state index in [2.05, 4.69) is 5.32 Å². The number of nitrogens with zero attached hydrogens (tertiary/aromatic N) is 1. The lowest BCUT2D eigenvalue weighted by Crippen LogP contribution is -2.43. The van der Waals surface area contributed by atoms with Crippen molar-refractivity contribution < 1.29 is 27.4 Å². The molecule has 0 aliphatic carbocycles. The van der Waals surface area contributed by atoms with Crippen LogP contribution in [0.4, 0.5) is 5.69 Å². The number of aryl methyl sites for hydroxylation is 1. The lowest BCUT2D eigenvalue weighted by molar-refractivity contribution is -0.120. The van der Waals surface area contributed by atoms with Gasteiger partial charge in [0.2, 0.25) is 5.91 Å². The van der Waals surface area contributed by atoms with E-state index in [1.165, 1.54) is 15.6 Å². The third-order valence-corrected chi connectivity index (χ3v) is 8.37. The number of sulfonamides is 1. The number of anilines is 1. The van der Waals surface area contributed by atoms with Crippen LogP contribution in [-0.4, -0.2) is 59.2 Å². The van der Waals surface area contributed by atoms with E-state index >= 15 is 0 Å². The summed E-state index contributed by atoms with van der Waals surface area (Å²) in [6.45, 7) is 3.23. The van der Waals surface area contributed by atoms with Crippen molar-refractivity contribution in [2.45, 2.75) is 24.0 Å². The maximum atomic E-state index is 12.9. The summed E-state index contributed by atoms with van der Waals surface area (Å²) in [4.78, 5) is 13.8. The zero-order valence-corrected chi connectivity index (χ0v) is 19.6. The summed E-state index contributed by atoms with van der Waals surface area (Å²) in [5, 5.41) is 2.89. The summed E-state index contributed by atoms with van der Waals surface area (Å²) >= 11 is 1.25. The first-order valence-corrected chi connectivity index (χ1v) is 12.3. The summed E-state index contributed by atoms with van der Waals surface area (Å²) in [5.74, 6) is 0.411. The highest BCUT2D eigenvalue weighted by Gasteiger charge is 2.34. The highest BCUT2D eigenvalue weighted by atomic mass is 32.2. The maximum Gasteiger partial charge on any atom is 0.252 e. The lowest BCUT2D eigenvalue weighted by atomic mass is 9.98. The fourth-order valence-electron chi connectivity index (χ4n) is 3.40. The number of nitrogens with one attached hydrogen (secondary N) is 1. The van der Waals surface area contributed by atoms with Crippen molar-refractivity contribution in [1.29, 1.82) is 0 Å². The first-order valence-electron chi connectivity index (χ1n) is 10.0. The molecule has 0 saturated carbocycles. The van der Waals surface area contributed by atoms with Crippen molar-refractivity contribution in [2.75, 3.05) is 45.8 Å². The van der Waals surface area contributed by atoms with Gasteiger partial charge in [-0.15, -0.1) is 11.3 Å². The van der Waals surface area contributed by atoms with E-state index < -0.39 is 15.9 Å². The fourth-order valence-corrected chi connectivity index (χ4v) is 6.36. The number of carbonyl (C=O) groups excluding carboxylic acids is 1. The highest BCUT2D eigenvalue weighted by Crippen LogP contribution is 2.32. The van der Waals surface area contributed by atoms with Crippen molar-refractivity contribution in [1.82, 2.24) is 4.31 Å². The second-order valence-corrected chi connectivity index (χ2v) is 10.7. The average molecular weight is 469 g/mol. The number of ether oxygens (including phenoxy) is 3. The molecule has 10 heteroatoms. The van der Waals surface area contributed by atoms with Crippen LogP contribution in [0.25, 0.3) is 0 Å². The highest BCUT2D eigenvalue weighted by molar-refractivity contribution is 7.91. The molecule has 8 nitrogen and oxygen atoms in total. The standard InChI is InChI=1S/C21H28N2O6S2/c1-15-6-9-20(30-15)31(25,26)23-10-4-5-16(14-23)21(24)22-17-7-8-18(28-3)19(13-17)29-12-11-27-2/h6-9,13,16H,4-5,10-12,14H2,1-3H3,(H,22,24). The summed E-state index contributed by atoms with van der Waals surface area (Å²) in [7, 11) is -0.453. The topological polar surface area (TPSA) is 94.2 Å². The van der Waals surface area contributed by atoms with Gasteiger partial charge in [-0.05, 0) is 44.0 Å². The molecule has 1 atom stereocenters. The summed E-state index contributed by atoms with van der Waals surface area (Å²) in [6, 6.07) is 8.56. The van der Waals surface area contributed by atoms with Crippen LogP contribution in [0, 0.1) is 12.8 Å². The number of carbonyl (C=O) groups is 1. The minimum Gasteiger partial charge on any atom is -0.493 e. The zero-order valence-electron chi connectivity index (χ0n) is 17.9. The number of hydrogen-bond donors (Lipinski definition) is 1. The number of thiophene rings is 1. The Bertz CT molecular complexity index is 1010. The van der Waals surface area contributed by atoms with Crippen LogP contribution < -0.4 is 14.8 Å². The molecule has 170 valence electrons. The van der Waals surface area contributed by atoms with Gasteiger partial charge in [0.1, 0.15) is 10.8 Å². The van der Waals surface area contributed by atoms with Crippen LogP contribution in [0.2, 0.25) is 0 Å². The number of piperidine rings is 1. The number of amides is 1. The van der Waals surface area contributed by atoms with E-state index in [0.29, 0.717) is 54.0 Å². The molecular formula is C21H28N2O6S2. The van der Waals surface area contributed by atoms with Gasteiger partial charge in [0, 0.05) is 36.8 Å². The van der Waals surface area contributed by atoms with Gasteiger partial charge in [0.15, 0.2) is 11.5 Å². The third kappa shape index (κ3) is 5.76. The largest absolute Gasteiger partial charge is 0.493 e. The van der Waals surface area contributed by atoms with Gasteiger partial charge >= 0.3 is 0 Å². The molecule has 0 spiro atoms. The molecule has 1 unspecified atom stereocenters. The first-order chi connectivity index (χ1) is 14.8. The van der Waals surface area contributed by atoms with Crippen LogP contribution in [0.3, 0.4) is 0 Å². The van der Waals surface area contributed by atoms with Crippen LogP contribution >= 0.6 is 11.3 Å². The van der Waals surface area contributed by atoms with Crippen LogP contribution in [0.1, 0.15) is 17.7 Å². The normalized spacial score (nSPS) is 17.3. The number of hydrogen-bond acceptors (Lipinski definition) is 7.